The van der Waals surface area contributed by atoms with Crippen molar-refractivity contribution in [2.45, 2.75) is 31.5 Å². The first-order chi connectivity index (χ1) is 12.9. The second kappa shape index (κ2) is 8.63. The van der Waals surface area contributed by atoms with Crippen molar-refractivity contribution in [2.24, 2.45) is 0 Å². The van der Waals surface area contributed by atoms with E-state index in [0.29, 0.717) is 12.0 Å². The van der Waals surface area contributed by atoms with Gasteiger partial charge >= 0.3 is 0 Å². The van der Waals surface area contributed by atoms with Crippen molar-refractivity contribution in [3.8, 4) is 0 Å². The molecule has 1 fully saturated rings. The van der Waals surface area contributed by atoms with Crippen LogP contribution in [-0.2, 0) is 13.1 Å². The fraction of sp³-hybridized carbons (Fsp3) is 0.304. The van der Waals surface area contributed by atoms with Gasteiger partial charge in [-0.2, -0.15) is 0 Å². The Bertz CT molecular complexity index is 770. The Balaban J connectivity index is 1.46. The van der Waals surface area contributed by atoms with E-state index >= 15 is 0 Å². The van der Waals surface area contributed by atoms with Gasteiger partial charge in [-0.3, -0.25) is 4.90 Å². The van der Waals surface area contributed by atoms with Crippen LogP contribution in [0.4, 0.5) is 0 Å². The minimum absolute atomic E-state index is 0.534. The molecule has 3 aromatic rings. The lowest BCUT2D eigenvalue weighted by molar-refractivity contribution is 0.167. The van der Waals surface area contributed by atoms with Crippen LogP contribution < -0.4 is 5.32 Å². The number of hydrogen-bond acceptors (Lipinski definition) is 3. The van der Waals surface area contributed by atoms with Crippen molar-refractivity contribution < 1.29 is 0 Å². The zero-order valence-electron chi connectivity index (χ0n) is 15.1. The molecule has 0 amide bonds. The Hall–Kier alpha value is -1.94. The molecular formula is C23H26N2S. The van der Waals surface area contributed by atoms with E-state index in [4.69, 9.17) is 0 Å². The molecule has 26 heavy (non-hydrogen) atoms. The molecule has 2 aromatic carbocycles. The Morgan fingerprint density at radius 3 is 2.42 bits per heavy atom. The van der Waals surface area contributed by atoms with E-state index in [-0.39, 0.29) is 0 Å². The summed E-state index contributed by atoms with van der Waals surface area (Å²) in [6.45, 7) is 4.29. The summed E-state index contributed by atoms with van der Waals surface area (Å²) in [6.07, 6.45) is 1.19. The van der Waals surface area contributed by atoms with E-state index in [1.165, 1.54) is 22.4 Å². The van der Waals surface area contributed by atoms with E-state index in [2.05, 4.69) is 88.4 Å². The summed E-state index contributed by atoms with van der Waals surface area (Å²) in [5, 5.41) is 6.00. The normalized spacial score (nSPS) is 20.9. The Morgan fingerprint density at radius 1 is 0.923 bits per heavy atom. The van der Waals surface area contributed by atoms with Gasteiger partial charge in [0.15, 0.2) is 0 Å². The molecule has 1 aliphatic heterocycles. The van der Waals surface area contributed by atoms with Crippen molar-refractivity contribution in [3.63, 3.8) is 0 Å². The Labute approximate surface area is 160 Å². The van der Waals surface area contributed by atoms with Crippen LogP contribution in [-0.4, -0.2) is 24.0 Å². The average Bonchev–Trinajstić information content (AvgIpc) is 3.22. The number of piperidine rings is 1. The molecule has 0 radical (unpaired) electrons. The first-order valence-corrected chi connectivity index (χ1v) is 10.3. The van der Waals surface area contributed by atoms with E-state index in [0.717, 1.165) is 26.2 Å². The van der Waals surface area contributed by atoms with Crippen LogP contribution in [0, 0.1) is 0 Å². The number of benzene rings is 2. The van der Waals surface area contributed by atoms with Crippen LogP contribution in [0.3, 0.4) is 0 Å². The summed E-state index contributed by atoms with van der Waals surface area (Å²) >= 11 is 1.84. The lowest BCUT2D eigenvalue weighted by atomic mass is 9.85. The van der Waals surface area contributed by atoms with Crippen molar-refractivity contribution >= 4 is 11.3 Å². The number of thiophene rings is 1. The smallest absolute Gasteiger partial charge is 0.0302 e. The predicted molar refractivity (Wildman–Crippen MR) is 110 cm³/mol. The van der Waals surface area contributed by atoms with Crippen molar-refractivity contribution in [3.05, 3.63) is 94.2 Å². The van der Waals surface area contributed by atoms with Crippen molar-refractivity contribution in [2.75, 3.05) is 13.1 Å². The third-order valence-electron chi connectivity index (χ3n) is 5.29. The van der Waals surface area contributed by atoms with E-state index in [1.54, 1.807) is 0 Å². The number of nitrogens with zero attached hydrogens (tertiary/aromatic N) is 1. The molecule has 134 valence electrons. The van der Waals surface area contributed by atoms with Gasteiger partial charge in [-0.1, -0.05) is 66.7 Å². The highest BCUT2D eigenvalue weighted by atomic mass is 32.1. The lowest BCUT2D eigenvalue weighted by Crippen LogP contribution is -2.47. The summed E-state index contributed by atoms with van der Waals surface area (Å²) in [7, 11) is 0. The number of nitrogens with one attached hydrogen (secondary N) is 1. The minimum Gasteiger partial charge on any atom is -0.308 e. The summed E-state index contributed by atoms with van der Waals surface area (Å²) < 4.78 is 0. The van der Waals surface area contributed by atoms with Crippen LogP contribution in [0.5, 0.6) is 0 Å². The van der Waals surface area contributed by atoms with Gasteiger partial charge < -0.3 is 5.32 Å². The van der Waals surface area contributed by atoms with Gasteiger partial charge in [0.05, 0.1) is 0 Å². The molecule has 2 nitrogen and oxygen atoms in total. The monoisotopic (exact) mass is 362 g/mol. The molecule has 3 heteroatoms. The molecule has 1 N–H and O–H groups in total. The zero-order valence-corrected chi connectivity index (χ0v) is 15.9. The molecule has 0 unspecified atom stereocenters. The maximum Gasteiger partial charge on any atom is 0.0302 e. The van der Waals surface area contributed by atoms with Crippen molar-refractivity contribution in [1.29, 1.82) is 0 Å². The van der Waals surface area contributed by atoms with Gasteiger partial charge in [0.25, 0.3) is 0 Å². The van der Waals surface area contributed by atoms with Gasteiger partial charge in [-0.25, -0.2) is 0 Å². The molecule has 1 saturated heterocycles. The highest BCUT2D eigenvalue weighted by Crippen LogP contribution is 2.28. The molecule has 1 aliphatic rings. The SMILES string of the molecule is c1ccc(CN2CC[C@H](NCc3cccs3)[C@@H](c3ccccc3)C2)cc1. The number of hydrogen-bond donors (Lipinski definition) is 1. The summed E-state index contributed by atoms with van der Waals surface area (Å²) in [4.78, 5) is 4.03. The molecule has 0 bridgehead atoms. The third kappa shape index (κ3) is 4.42. The molecule has 0 spiro atoms. The van der Waals surface area contributed by atoms with Gasteiger partial charge in [-0.15, -0.1) is 11.3 Å². The van der Waals surface area contributed by atoms with Crippen LogP contribution in [0.15, 0.2) is 78.2 Å². The summed E-state index contributed by atoms with van der Waals surface area (Å²) in [6, 6.07) is 26.8. The second-order valence-corrected chi connectivity index (χ2v) is 8.13. The van der Waals surface area contributed by atoms with Crippen LogP contribution >= 0.6 is 11.3 Å². The summed E-state index contributed by atoms with van der Waals surface area (Å²) in [5.74, 6) is 0.536. The Morgan fingerprint density at radius 2 is 1.69 bits per heavy atom. The molecular weight excluding hydrogens is 336 g/mol. The quantitative estimate of drug-likeness (QED) is 0.671. The van der Waals surface area contributed by atoms with E-state index in [1.807, 2.05) is 11.3 Å². The summed E-state index contributed by atoms with van der Waals surface area (Å²) in [5.41, 5.74) is 2.86. The topological polar surface area (TPSA) is 15.3 Å². The fourth-order valence-electron chi connectivity index (χ4n) is 3.93. The molecule has 1 aromatic heterocycles. The van der Waals surface area contributed by atoms with Gasteiger partial charge in [0, 0.05) is 43.0 Å². The highest BCUT2D eigenvalue weighted by molar-refractivity contribution is 7.09. The van der Waals surface area contributed by atoms with Gasteiger partial charge in [0.2, 0.25) is 0 Å². The largest absolute Gasteiger partial charge is 0.308 e. The third-order valence-corrected chi connectivity index (χ3v) is 6.17. The number of likely N-dealkylation sites (tertiary alicyclic amines) is 1. The van der Waals surface area contributed by atoms with E-state index < -0.39 is 0 Å². The minimum atomic E-state index is 0.534. The predicted octanol–water partition coefficient (Wildman–Crippen LogP) is 4.90. The van der Waals surface area contributed by atoms with Crippen LogP contribution in [0.1, 0.15) is 28.3 Å². The average molecular weight is 363 g/mol. The molecule has 2 atom stereocenters. The number of rotatable bonds is 6. The molecule has 2 heterocycles. The van der Waals surface area contributed by atoms with E-state index in [9.17, 15) is 0 Å². The molecule has 0 aliphatic carbocycles. The Kier molecular flexibility index (Phi) is 5.80. The fourth-order valence-corrected chi connectivity index (χ4v) is 4.59. The standard InChI is InChI=1S/C23H26N2S/c1-3-8-19(9-4-1)17-25-14-13-23(24-16-21-12-7-15-26-21)22(18-25)20-10-5-2-6-11-20/h1-12,15,22-24H,13-14,16-18H2/t22-,23+/m1/s1. The highest BCUT2D eigenvalue weighted by Gasteiger charge is 2.30. The van der Waals surface area contributed by atoms with Crippen molar-refractivity contribution in [1.82, 2.24) is 10.2 Å². The van der Waals surface area contributed by atoms with Gasteiger partial charge in [-0.05, 0) is 29.0 Å². The molecule has 4 rings (SSSR count). The second-order valence-electron chi connectivity index (χ2n) is 7.09. The maximum absolute atomic E-state index is 3.84. The lowest BCUT2D eigenvalue weighted by Gasteiger charge is -2.39. The van der Waals surface area contributed by atoms with Gasteiger partial charge in [0.1, 0.15) is 0 Å². The zero-order chi connectivity index (χ0) is 17.6. The first kappa shape index (κ1) is 17.5. The first-order valence-electron chi connectivity index (χ1n) is 9.45. The van der Waals surface area contributed by atoms with Crippen LogP contribution in [0.2, 0.25) is 0 Å². The molecule has 0 saturated carbocycles. The maximum atomic E-state index is 3.84. The van der Waals surface area contributed by atoms with Crippen LogP contribution in [0.25, 0.3) is 0 Å².